The van der Waals surface area contributed by atoms with Gasteiger partial charge in [0.25, 0.3) is 0 Å². The van der Waals surface area contributed by atoms with E-state index in [4.69, 9.17) is 5.73 Å². The maximum atomic E-state index is 13.2. The van der Waals surface area contributed by atoms with Crippen LogP contribution in [0.5, 0.6) is 0 Å². The summed E-state index contributed by atoms with van der Waals surface area (Å²) in [6, 6.07) is 6.99. The average molecular weight is 294 g/mol. The van der Waals surface area contributed by atoms with Crippen molar-refractivity contribution in [1.82, 2.24) is 4.90 Å². The molecule has 2 unspecified atom stereocenters. The largest absolute Gasteiger partial charge is 0.320 e. The molecule has 3 heteroatoms. The topological polar surface area (TPSA) is 29.3 Å². The minimum absolute atomic E-state index is 0.208. The monoisotopic (exact) mass is 294 g/mol. The first-order chi connectivity index (χ1) is 9.81. The summed E-state index contributed by atoms with van der Waals surface area (Å²) in [6.07, 6.45) is 4.27. The number of halogens is 1. The molecule has 1 aromatic carbocycles. The summed E-state index contributed by atoms with van der Waals surface area (Å²) >= 11 is 0. The van der Waals surface area contributed by atoms with Crippen LogP contribution in [-0.2, 0) is 5.54 Å². The molecule has 0 radical (unpaired) electrons. The van der Waals surface area contributed by atoms with Crippen LogP contribution in [-0.4, -0.2) is 25.0 Å². The Morgan fingerprint density at radius 3 is 2.19 bits per heavy atom. The molecule has 0 saturated heterocycles. The van der Waals surface area contributed by atoms with E-state index < -0.39 is 5.54 Å². The number of rotatable bonds is 8. The van der Waals surface area contributed by atoms with Gasteiger partial charge < -0.3 is 10.6 Å². The summed E-state index contributed by atoms with van der Waals surface area (Å²) in [4.78, 5) is 2.22. The Balaban J connectivity index is 3.18. The van der Waals surface area contributed by atoms with E-state index in [0.717, 1.165) is 31.2 Å². The molecule has 2 atom stereocenters. The van der Waals surface area contributed by atoms with Crippen molar-refractivity contribution < 1.29 is 4.39 Å². The van der Waals surface area contributed by atoms with Crippen molar-refractivity contribution in [3.63, 3.8) is 0 Å². The lowest BCUT2D eigenvalue weighted by Crippen LogP contribution is -2.54. The van der Waals surface area contributed by atoms with Crippen molar-refractivity contribution in [1.29, 1.82) is 0 Å². The summed E-state index contributed by atoms with van der Waals surface area (Å²) in [5.74, 6) is 0.282. The molecule has 0 amide bonds. The standard InChI is InChI=1S/C18H31FN2/c1-6-7-8-17(21(4)5)18(20,13-14(2)3)15-9-11-16(19)12-10-15/h9-12,14,17H,6-8,13,20H2,1-5H3. The number of nitrogens with two attached hydrogens (primary N) is 1. The Morgan fingerprint density at radius 2 is 1.76 bits per heavy atom. The minimum atomic E-state index is -0.444. The second-order valence-electron chi connectivity index (χ2n) is 6.77. The first-order valence-electron chi connectivity index (χ1n) is 8.02. The van der Waals surface area contributed by atoms with Gasteiger partial charge in [0.2, 0.25) is 0 Å². The third-order valence-electron chi connectivity index (χ3n) is 4.18. The third-order valence-corrected chi connectivity index (χ3v) is 4.18. The van der Waals surface area contributed by atoms with Gasteiger partial charge in [-0.05, 0) is 50.6 Å². The lowest BCUT2D eigenvalue weighted by molar-refractivity contribution is 0.140. The average Bonchev–Trinajstić information content (AvgIpc) is 2.38. The van der Waals surface area contributed by atoms with Crippen LogP contribution in [0.4, 0.5) is 4.39 Å². The van der Waals surface area contributed by atoms with E-state index in [0.29, 0.717) is 5.92 Å². The molecule has 0 aromatic heterocycles. The molecule has 0 aliphatic heterocycles. The van der Waals surface area contributed by atoms with Gasteiger partial charge in [-0.3, -0.25) is 0 Å². The molecule has 0 saturated carbocycles. The highest BCUT2D eigenvalue weighted by Gasteiger charge is 2.38. The minimum Gasteiger partial charge on any atom is -0.320 e. The van der Waals surface area contributed by atoms with Gasteiger partial charge in [-0.25, -0.2) is 4.39 Å². The molecule has 1 rings (SSSR count). The third kappa shape index (κ3) is 4.79. The number of likely N-dealkylation sites (N-methyl/N-ethyl adjacent to an activating group) is 1. The molecule has 0 fully saturated rings. The molecule has 2 N–H and O–H groups in total. The van der Waals surface area contributed by atoms with Crippen LogP contribution in [0.1, 0.15) is 52.0 Å². The van der Waals surface area contributed by atoms with Crippen LogP contribution in [0, 0.1) is 11.7 Å². The van der Waals surface area contributed by atoms with Crippen molar-refractivity contribution in [2.45, 2.75) is 58.0 Å². The van der Waals surface area contributed by atoms with Crippen molar-refractivity contribution in [2.75, 3.05) is 14.1 Å². The quantitative estimate of drug-likeness (QED) is 0.780. The van der Waals surface area contributed by atoms with Crippen LogP contribution in [0.15, 0.2) is 24.3 Å². The Kier molecular flexibility index (Phi) is 6.82. The summed E-state index contributed by atoms with van der Waals surface area (Å²) in [5.41, 5.74) is 7.48. The highest BCUT2D eigenvalue weighted by atomic mass is 19.1. The molecule has 0 bridgehead atoms. The van der Waals surface area contributed by atoms with Crippen molar-refractivity contribution in [3.05, 3.63) is 35.6 Å². The first-order valence-corrected chi connectivity index (χ1v) is 8.02. The smallest absolute Gasteiger partial charge is 0.123 e. The summed E-state index contributed by atoms with van der Waals surface area (Å²) < 4.78 is 13.2. The van der Waals surface area contributed by atoms with Crippen LogP contribution >= 0.6 is 0 Å². The van der Waals surface area contributed by atoms with Crippen LogP contribution in [0.2, 0.25) is 0 Å². The Labute approximate surface area is 129 Å². The maximum Gasteiger partial charge on any atom is 0.123 e. The number of benzene rings is 1. The number of hydrogen-bond acceptors (Lipinski definition) is 2. The molecule has 2 nitrogen and oxygen atoms in total. The summed E-state index contributed by atoms with van der Waals surface area (Å²) in [6.45, 7) is 6.58. The van der Waals surface area contributed by atoms with E-state index in [9.17, 15) is 4.39 Å². The normalized spacial score (nSPS) is 16.2. The Hall–Kier alpha value is -0.930. The highest BCUT2D eigenvalue weighted by Crippen LogP contribution is 2.34. The van der Waals surface area contributed by atoms with E-state index in [1.165, 1.54) is 12.1 Å². The van der Waals surface area contributed by atoms with Gasteiger partial charge in [0.15, 0.2) is 0 Å². The van der Waals surface area contributed by atoms with Gasteiger partial charge in [0.05, 0.1) is 5.54 Å². The fourth-order valence-corrected chi connectivity index (χ4v) is 3.26. The van der Waals surface area contributed by atoms with Crippen LogP contribution in [0.3, 0.4) is 0 Å². The van der Waals surface area contributed by atoms with Gasteiger partial charge in [-0.2, -0.15) is 0 Å². The molecule has 0 spiro atoms. The fraction of sp³-hybridized carbons (Fsp3) is 0.667. The number of nitrogens with zero attached hydrogens (tertiary/aromatic N) is 1. The Bertz CT molecular complexity index is 414. The van der Waals surface area contributed by atoms with E-state index in [2.05, 4.69) is 39.8 Å². The maximum absolute atomic E-state index is 13.2. The van der Waals surface area contributed by atoms with Crippen molar-refractivity contribution >= 4 is 0 Å². The zero-order chi connectivity index (χ0) is 16.0. The van der Waals surface area contributed by atoms with Crippen LogP contribution < -0.4 is 5.73 Å². The van der Waals surface area contributed by atoms with Gasteiger partial charge in [-0.15, -0.1) is 0 Å². The SMILES string of the molecule is CCCCC(N(C)C)C(N)(CC(C)C)c1ccc(F)cc1. The molecular weight excluding hydrogens is 263 g/mol. The molecule has 21 heavy (non-hydrogen) atoms. The predicted octanol–water partition coefficient (Wildman–Crippen LogP) is 4.15. The molecule has 1 aromatic rings. The molecular formula is C18H31FN2. The van der Waals surface area contributed by atoms with Gasteiger partial charge in [0, 0.05) is 6.04 Å². The van der Waals surface area contributed by atoms with Gasteiger partial charge in [-0.1, -0.05) is 45.7 Å². The van der Waals surface area contributed by atoms with E-state index >= 15 is 0 Å². The number of hydrogen-bond donors (Lipinski definition) is 1. The van der Waals surface area contributed by atoms with Crippen molar-refractivity contribution in [2.24, 2.45) is 11.7 Å². The zero-order valence-electron chi connectivity index (χ0n) is 14.2. The predicted molar refractivity (Wildman–Crippen MR) is 88.7 cm³/mol. The summed E-state index contributed by atoms with van der Waals surface area (Å²) in [5, 5.41) is 0. The van der Waals surface area contributed by atoms with E-state index in [1.807, 2.05) is 12.1 Å². The molecule has 0 heterocycles. The zero-order valence-corrected chi connectivity index (χ0v) is 14.2. The number of unbranched alkanes of at least 4 members (excludes halogenated alkanes) is 1. The molecule has 0 aliphatic carbocycles. The Morgan fingerprint density at radius 1 is 1.19 bits per heavy atom. The molecule has 0 aliphatic rings. The molecule has 120 valence electrons. The van der Waals surface area contributed by atoms with Gasteiger partial charge >= 0.3 is 0 Å². The highest BCUT2D eigenvalue weighted by molar-refractivity contribution is 5.27. The van der Waals surface area contributed by atoms with Crippen molar-refractivity contribution in [3.8, 4) is 0 Å². The second-order valence-corrected chi connectivity index (χ2v) is 6.77. The van der Waals surface area contributed by atoms with E-state index in [1.54, 1.807) is 0 Å². The fourth-order valence-electron chi connectivity index (χ4n) is 3.26. The second kappa shape index (κ2) is 7.90. The lowest BCUT2D eigenvalue weighted by atomic mass is 9.75. The lowest BCUT2D eigenvalue weighted by Gasteiger charge is -2.43. The summed E-state index contributed by atoms with van der Waals surface area (Å²) in [7, 11) is 4.18. The first kappa shape index (κ1) is 18.1. The van der Waals surface area contributed by atoms with Gasteiger partial charge in [0.1, 0.15) is 5.82 Å². The van der Waals surface area contributed by atoms with Crippen LogP contribution in [0.25, 0.3) is 0 Å². The van der Waals surface area contributed by atoms with E-state index in [-0.39, 0.29) is 11.9 Å².